The Balaban J connectivity index is 1.92. The third-order valence-electron chi connectivity index (χ3n) is 3.33. The molecule has 0 N–H and O–H groups in total. The van der Waals surface area contributed by atoms with Crippen molar-refractivity contribution in [1.29, 1.82) is 0 Å². The number of alkyl halides is 4. The monoisotopic (exact) mass is 282 g/mol. The molecule has 102 valence electrons. The second-order valence-corrected chi connectivity index (χ2v) is 4.94. The van der Waals surface area contributed by atoms with Crippen molar-refractivity contribution in [3.8, 4) is 0 Å². The lowest BCUT2D eigenvalue weighted by Crippen LogP contribution is -2.27. The van der Waals surface area contributed by atoms with Crippen molar-refractivity contribution >= 4 is 11.6 Å². The van der Waals surface area contributed by atoms with Crippen LogP contribution in [-0.4, -0.2) is 22.3 Å². The Morgan fingerprint density at radius 3 is 2.39 bits per heavy atom. The van der Waals surface area contributed by atoms with E-state index in [-0.39, 0.29) is 18.8 Å². The quantitative estimate of drug-likeness (QED) is 0.794. The fourth-order valence-corrected chi connectivity index (χ4v) is 2.44. The largest absolute Gasteiger partial charge is 0.425 e. The third kappa shape index (κ3) is 3.16. The topological polar surface area (TPSA) is 38.9 Å². The Labute approximate surface area is 108 Å². The molecule has 1 aliphatic carbocycles. The molecule has 3 nitrogen and oxygen atoms in total. The molecule has 1 aliphatic rings. The summed E-state index contributed by atoms with van der Waals surface area (Å²) in [5, 5.41) is 7.71. The fourth-order valence-electron chi connectivity index (χ4n) is 2.28. The first-order chi connectivity index (χ1) is 8.50. The standard InChI is InChI=1S/C11H14ClF3N2O/c12-6-5-9-16-17-10(18-9)7-1-3-8(4-2-7)11(13,14)15/h7-8H,1-6H2. The molecule has 2 rings (SSSR count). The first kappa shape index (κ1) is 13.6. The molecular formula is C11H14ClF3N2O. The summed E-state index contributed by atoms with van der Waals surface area (Å²) in [4.78, 5) is 0. The zero-order valence-corrected chi connectivity index (χ0v) is 10.5. The molecule has 0 radical (unpaired) electrons. The first-order valence-corrected chi connectivity index (χ1v) is 6.49. The van der Waals surface area contributed by atoms with Gasteiger partial charge in [0.05, 0.1) is 5.92 Å². The number of aryl methyl sites for hydroxylation is 1. The molecule has 1 aromatic rings. The molecule has 0 atom stereocenters. The van der Waals surface area contributed by atoms with Crippen LogP contribution in [0.15, 0.2) is 4.42 Å². The Bertz CT molecular complexity index is 386. The number of nitrogens with zero attached hydrogens (tertiary/aromatic N) is 2. The van der Waals surface area contributed by atoms with Gasteiger partial charge in [-0.3, -0.25) is 0 Å². The van der Waals surface area contributed by atoms with Crippen LogP contribution in [0.2, 0.25) is 0 Å². The van der Waals surface area contributed by atoms with Crippen LogP contribution in [0.5, 0.6) is 0 Å². The predicted octanol–water partition coefficient (Wildman–Crippen LogP) is 3.69. The van der Waals surface area contributed by atoms with Crippen molar-refractivity contribution in [2.75, 3.05) is 5.88 Å². The molecule has 0 aliphatic heterocycles. The highest BCUT2D eigenvalue weighted by Crippen LogP contribution is 2.42. The highest BCUT2D eigenvalue weighted by molar-refractivity contribution is 6.17. The van der Waals surface area contributed by atoms with Gasteiger partial charge in [-0.2, -0.15) is 13.2 Å². The molecule has 1 aromatic heterocycles. The maximum Gasteiger partial charge on any atom is 0.391 e. The number of aromatic nitrogens is 2. The molecule has 7 heteroatoms. The van der Waals surface area contributed by atoms with E-state index in [2.05, 4.69) is 10.2 Å². The van der Waals surface area contributed by atoms with Crippen molar-refractivity contribution in [1.82, 2.24) is 10.2 Å². The lowest BCUT2D eigenvalue weighted by Gasteiger charge is -2.27. The van der Waals surface area contributed by atoms with Crippen molar-refractivity contribution < 1.29 is 17.6 Å². The lowest BCUT2D eigenvalue weighted by atomic mass is 9.81. The van der Waals surface area contributed by atoms with E-state index < -0.39 is 12.1 Å². The van der Waals surface area contributed by atoms with Crippen molar-refractivity contribution in [3.63, 3.8) is 0 Å². The fraction of sp³-hybridized carbons (Fsp3) is 0.818. The minimum atomic E-state index is -4.08. The van der Waals surface area contributed by atoms with Crippen LogP contribution in [0, 0.1) is 5.92 Å². The molecule has 0 saturated heterocycles. The summed E-state index contributed by atoms with van der Waals surface area (Å²) in [6.45, 7) is 0. The smallest absolute Gasteiger partial charge is 0.391 e. The van der Waals surface area contributed by atoms with Gasteiger partial charge >= 0.3 is 6.18 Å². The van der Waals surface area contributed by atoms with Crippen molar-refractivity contribution in [3.05, 3.63) is 11.8 Å². The van der Waals surface area contributed by atoms with Gasteiger partial charge < -0.3 is 4.42 Å². The average molecular weight is 283 g/mol. The summed E-state index contributed by atoms with van der Waals surface area (Å²) in [5.74, 6) is 0.0791. The molecule has 0 aromatic carbocycles. The molecule has 18 heavy (non-hydrogen) atoms. The van der Waals surface area contributed by atoms with Crippen LogP contribution >= 0.6 is 11.6 Å². The third-order valence-corrected chi connectivity index (χ3v) is 3.52. The van der Waals surface area contributed by atoms with E-state index in [9.17, 15) is 13.2 Å². The molecular weight excluding hydrogens is 269 g/mol. The maximum atomic E-state index is 12.5. The molecule has 0 amide bonds. The normalized spacial score (nSPS) is 25.3. The Hall–Kier alpha value is -0.780. The van der Waals surface area contributed by atoms with Gasteiger partial charge in [-0.1, -0.05) is 0 Å². The Kier molecular flexibility index (Phi) is 4.14. The molecule has 0 spiro atoms. The van der Waals surface area contributed by atoms with Crippen LogP contribution in [0.25, 0.3) is 0 Å². The maximum absolute atomic E-state index is 12.5. The van der Waals surface area contributed by atoms with E-state index >= 15 is 0 Å². The first-order valence-electron chi connectivity index (χ1n) is 5.95. The van der Waals surface area contributed by atoms with Crippen LogP contribution in [0.1, 0.15) is 43.4 Å². The number of hydrogen-bond donors (Lipinski definition) is 0. The number of hydrogen-bond acceptors (Lipinski definition) is 3. The summed E-state index contributed by atoms with van der Waals surface area (Å²) >= 11 is 5.55. The summed E-state index contributed by atoms with van der Waals surface area (Å²) < 4.78 is 42.9. The summed E-state index contributed by atoms with van der Waals surface area (Å²) in [6.07, 6.45) is -2.40. The van der Waals surface area contributed by atoms with Gasteiger partial charge in [0.25, 0.3) is 0 Å². The molecule has 1 fully saturated rings. The van der Waals surface area contributed by atoms with E-state index in [0.717, 1.165) is 0 Å². The second-order valence-electron chi connectivity index (χ2n) is 4.56. The Morgan fingerprint density at radius 1 is 1.17 bits per heavy atom. The highest BCUT2D eigenvalue weighted by atomic mass is 35.5. The molecule has 1 heterocycles. The molecule has 0 bridgehead atoms. The summed E-state index contributed by atoms with van der Waals surface area (Å²) in [6, 6.07) is 0. The van der Waals surface area contributed by atoms with Gasteiger partial charge in [0.2, 0.25) is 11.8 Å². The average Bonchev–Trinajstić information content (AvgIpc) is 2.77. The summed E-state index contributed by atoms with van der Waals surface area (Å²) in [5.41, 5.74) is 0. The van der Waals surface area contributed by atoms with E-state index in [1.807, 2.05) is 0 Å². The molecule has 0 unspecified atom stereocenters. The van der Waals surface area contributed by atoms with E-state index in [0.29, 0.717) is 36.9 Å². The van der Waals surface area contributed by atoms with Crippen molar-refractivity contribution in [2.45, 2.75) is 44.2 Å². The molecule has 1 saturated carbocycles. The van der Waals surface area contributed by atoms with Crippen LogP contribution in [0.4, 0.5) is 13.2 Å². The van der Waals surface area contributed by atoms with Crippen molar-refractivity contribution in [2.24, 2.45) is 5.92 Å². The van der Waals surface area contributed by atoms with E-state index in [1.165, 1.54) is 0 Å². The van der Waals surface area contributed by atoms with Gasteiger partial charge in [-0.05, 0) is 25.7 Å². The zero-order valence-electron chi connectivity index (χ0n) is 9.71. The Morgan fingerprint density at radius 2 is 1.83 bits per heavy atom. The lowest BCUT2D eigenvalue weighted by molar-refractivity contribution is -0.182. The van der Waals surface area contributed by atoms with E-state index in [4.69, 9.17) is 16.0 Å². The minimum absolute atomic E-state index is 0.0415. The van der Waals surface area contributed by atoms with Gasteiger partial charge in [0.1, 0.15) is 0 Å². The SMILES string of the molecule is FC(F)(F)C1CCC(c2nnc(CCCl)o2)CC1. The van der Waals surface area contributed by atoms with Gasteiger partial charge in [0.15, 0.2) is 0 Å². The zero-order chi connectivity index (χ0) is 13.2. The van der Waals surface area contributed by atoms with Gasteiger partial charge in [-0.25, -0.2) is 0 Å². The van der Waals surface area contributed by atoms with Crippen LogP contribution in [-0.2, 0) is 6.42 Å². The summed E-state index contributed by atoms with van der Waals surface area (Å²) in [7, 11) is 0. The second kappa shape index (κ2) is 5.47. The number of rotatable bonds is 3. The highest BCUT2D eigenvalue weighted by Gasteiger charge is 2.42. The number of halogens is 4. The van der Waals surface area contributed by atoms with Gasteiger partial charge in [-0.15, -0.1) is 21.8 Å². The van der Waals surface area contributed by atoms with E-state index in [1.54, 1.807) is 0 Å². The predicted molar refractivity (Wildman–Crippen MR) is 59.5 cm³/mol. The minimum Gasteiger partial charge on any atom is -0.425 e. The van der Waals surface area contributed by atoms with Gasteiger partial charge in [0, 0.05) is 18.2 Å². The van der Waals surface area contributed by atoms with Crippen LogP contribution < -0.4 is 0 Å². The van der Waals surface area contributed by atoms with Crippen LogP contribution in [0.3, 0.4) is 0 Å².